The molecule has 0 bridgehead atoms. The van der Waals surface area contributed by atoms with E-state index in [1.54, 1.807) is 6.20 Å². The molecule has 3 aromatic rings. The average Bonchev–Trinajstić information content (AvgIpc) is 3.10. The van der Waals surface area contributed by atoms with E-state index in [2.05, 4.69) is 4.98 Å². The third-order valence-corrected chi connectivity index (χ3v) is 4.13. The number of ether oxygens (including phenoxy) is 1. The largest absolute Gasteiger partial charge is 0.378 e. The van der Waals surface area contributed by atoms with Crippen LogP contribution in [0.5, 0.6) is 0 Å². The van der Waals surface area contributed by atoms with E-state index in [0.717, 1.165) is 16.9 Å². The van der Waals surface area contributed by atoms with Gasteiger partial charge in [0.25, 0.3) is 5.91 Å². The second-order valence-corrected chi connectivity index (χ2v) is 5.55. The lowest BCUT2D eigenvalue weighted by Gasteiger charge is -2.27. The molecule has 1 aliphatic rings. The lowest BCUT2D eigenvalue weighted by molar-refractivity contribution is 0.0303. The fraction of sp³-hybridized carbons (Fsp3) is 0.222. The summed E-state index contributed by atoms with van der Waals surface area (Å²) in [6.45, 7) is 2.53. The molecule has 0 unspecified atom stereocenters. The minimum Gasteiger partial charge on any atom is -0.378 e. The fourth-order valence-corrected chi connectivity index (χ4v) is 2.94. The number of hydrogen-bond donors (Lipinski definition) is 0. The van der Waals surface area contributed by atoms with Gasteiger partial charge in [-0.3, -0.25) is 9.20 Å². The van der Waals surface area contributed by atoms with E-state index in [-0.39, 0.29) is 5.91 Å². The van der Waals surface area contributed by atoms with Gasteiger partial charge < -0.3 is 9.64 Å². The van der Waals surface area contributed by atoms with E-state index < -0.39 is 0 Å². The molecule has 5 heteroatoms. The van der Waals surface area contributed by atoms with Crippen molar-refractivity contribution in [3.63, 3.8) is 0 Å². The number of aromatic nitrogens is 2. The highest BCUT2D eigenvalue weighted by molar-refractivity contribution is 5.95. The van der Waals surface area contributed by atoms with Crippen molar-refractivity contribution in [2.75, 3.05) is 26.3 Å². The highest BCUT2D eigenvalue weighted by Gasteiger charge is 2.19. The summed E-state index contributed by atoms with van der Waals surface area (Å²) in [5, 5.41) is 0. The first-order valence-corrected chi connectivity index (χ1v) is 7.72. The Labute approximate surface area is 134 Å². The van der Waals surface area contributed by atoms with Gasteiger partial charge in [0.15, 0.2) is 0 Å². The molecule has 1 fully saturated rings. The second kappa shape index (κ2) is 5.85. The molecule has 5 nitrogen and oxygen atoms in total. The minimum atomic E-state index is 0.0629. The summed E-state index contributed by atoms with van der Waals surface area (Å²) < 4.78 is 7.34. The number of carbonyl (C=O) groups is 1. The van der Waals surface area contributed by atoms with E-state index in [0.29, 0.717) is 31.9 Å². The topological polar surface area (TPSA) is 46.8 Å². The number of benzene rings is 1. The number of imidazole rings is 1. The summed E-state index contributed by atoms with van der Waals surface area (Å²) >= 11 is 0. The molecular formula is C18H17N3O2. The van der Waals surface area contributed by atoms with Crippen molar-refractivity contribution >= 4 is 11.6 Å². The Morgan fingerprint density at radius 3 is 2.78 bits per heavy atom. The predicted octanol–water partition coefficient (Wildman–Crippen LogP) is 2.47. The number of rotatable bonds is 2. The molecule has 0 aliphatic carbocycles. The molecule has 0 N–H and O–H groups in total. The number of nitrogens with zero attached hydrogens (tertiary/aromatic N) is 3. The molecule has 1 amide bonds. The van der Waals surface area contributed by atoms with E-state index in [4.69, 9.17) is 4.74 Å². The van der Waals surface area contributed by atoms with Crippen LogP contribution in [-0.2, 0) is 4.74 Å². The van der Waals surface area contributed by atoms with Crippen LogP contribution < -0.4 is 0 Å². The molecule has 116 valence electrons. The lowest BCUT2D eigenvalue weighted by Crippen LogP contribution is -2.40. The van der Waals surface area contributed by atoms with Crippen molar-refractivity contribution in [3.05, 3.63) is 60.4 Å². The van der Waals surface area contributed by atoms with Crippen LogP contribution in [0.25, 0.3) is 16.9 Å². The molecule has 1 aliphatic heterocycles. The Kier molecular flexibility index (Phi) is 3.55. The Hall–Kier alpha value is -2.66. The summed E-state index contributed by atoms with van der Waals surface area (Å²) in [6.07, 6.45) is 3.71. The Balaban J connectivity index is 1.71. The van der Waals surface area contributed by atoms with Crippen molar-refractivity contribution in [2.24, 2.45) is 0 Å². The first kappa shape index (κ1) is 14.0. The Bertz CT molecular complexity index is 850. The van der Waals surface area contributed by atoms with Gasteiger partial charge in [0.1, 0.15) is 5.65 Å². The molecule has 2 aromatic heterocycles. The van der Waals surface area contributed by atoms with Crippen LogP contribution in [0.15, 0.2) is 54.9 Å². The second-order valence-electron chi connectivity index (χ2n) is 5.55. The summed E-state index contributed by atoms with van der Waals surface area (Å²) in [6, 6.07) is 13.7. The number of carbonyl (C=O) groups excluding carboxylic acids is 1. The smallest absolute Gasteiger partial charge is 0.254 e. The van der Waals surface area contributed by atoms with Gasteiger partial charge in [0.2, 0.25) is 0 Å². The van der Waals surface area contributed by atoms with Gasteiger partial charge in [0.05, 0.1) is 18.9 Å². The number of hydrogen-bond acceptors (Lipinski definition) is 3. The summed E-state index contributed by atoms with van der Waals surface area (Å²) in [5.41, 5.74) is 3.64. The van der Waals surface area contributed by atoms with Crippen LogP contribution in [-0.4, -0.2) is 46.5 Å². The number of pyridine rings is 1. The van der Waals surface area contributed by atoms with Gasteiger partial charge in [0, 0.05) is 31.0 Å². The van der Waals surface area contributed by atoms with E-state index >= 15 is 0 Å². The van der Waals surface area contributed by atoms with Crippen molar-refractivity contribution in [1.82, 2.24) is 14.3 Å². The molecule has 0 saturated carbocycles. The summed E-state index contributed by atoms with van der Waals surface area (Å²) in [4.78, 5) is 18.8. The van der Waals surface area contributed by atoms with Gasteiger partial charge in [-0.2, -0.15) is 0 Å². The maximum Gasteiger partial charge on any atom is 0.254 e. The molecule has 3 heterocycles. The van der Waals surface area contributed by atoms with Gasteiger partial charge in [-0.15, -0.1) is 0 Å². The standard InChI is InChI=1S/C18H17N3O2/c22-18(20-9-11-23-12-10-20)15-4-1-3-14(13-15)16-5-2-6-17-19-7-8-21(16)17/h1-8,13H,9-12H2. The highest BCUT2D eigenvalue weighted by Crippen LogP contribution is 2.22. The van der Waals surface area contributed by atoms with Crippen molar-refractivity contribution < 1.29 is 9.53 Å². The van der Waals surface area contributed by atoms with Crippen LogP contribution in [0, 0.1) is 0 Å². The van der Waals surface area contributed by atoms with Crippen LogP contribution in [0.2, 0.25) is 0 Å². The highest BCUT2D eigenvalue weighted by atomic mass is 16.5. The SMILES string of the molecule is O=C(c1cccc(-c2cccc3nccn23)c1)N1CCOCC1. The first-order valence-electron chi connectivity index (χ1n) is 7.72. The lowest BCUT2D eigenvalue weighted by atomic mass is 10.1. The van der Waals surface area contributed by atoms with Gasteiger partial charge in [-0.25, -0.2) is 4.98 Å². The number of morpholine rings is 1. The molecule has 23 heavy (non-hydrogen) atoms. The van der Waals surface area contributed by atoms with Crippen LogP contribution in [0.1, 0.15) is 10.4 Å². The summed E-state index contributed by atoms with van der Waals surface area (Å²) in [7, 11) is 0. The molecule has 1 saturated heterocycles. The minimum absolute atomic E-state index is 0.0629. The van der Waals surface area contributed by atoms with Crippen LogP contribution in [0.3, 0.4) is 0 Å². The Morgan fingerprint density at radius 2 is 1.91 bits per heavy atom. The van der Waals surface area contributed by atoms with Gasteiger partial charge in [-0.1, -0.05) is 18.2 Å². The van der Waals surface area contributed by atoms with Crippen molar-refractivity contribution in [2.45, 2.75) is 0 Å². The fourth-order valence-electron chi connectivity index (χ4n) is 2.94. The zero-order valence-electron chi connectivity index (χ0n) is 12.7. The molecular weight excluding hydrogens is 290 g/mol. The molecule has 0 atom stereocenters. The predicted molar refractivity (Wildman–Crippen MR) is 87.4 cm³/mol. The maximum atomic E-state index is 12.6. The van der Waals surface area contributed by atoms with E-state index in [1.165, 1.54) is 0 Å². The third-order valence-electron chi connectivity index (χ3n) is 4.13. The van der Waals surface area contributed by atoms with Crippen molar-refractivity contribution in [1.29, 1.82) is 0 Å². The zero-order valence-corrected chi connectivity index (χ0v) is 12.7. The number of amides is 1. The maximum absolute atomic E-state index is 12.6. The molecule has 0 spiro atoms. The number of fused-ring (bicyclic) bond motifs is 1. The molecule has 1 aromatic carbocycles. The Morgan fingerprint density at radius 1 is 1.09 bits per heavy atom. The van der Waals surface area contributed by atoms with Gasteiger partial charge >= 0.3 is 0 Å². The molecule has 0 radical (unpaired) electrons. The van der Waals surface area contributed by atoms with E-state index in [9.17, 15) is 4.79 Å². The zero-order chi connectivity index (χ0) is 15.6. The first-order chi connectivity index (χ1) is 11.3. The van der Waals surface area contributed by atoms with Crippen LogP contribution in [0.4, 0.5) is 0 Å². The van der Waals surface area contributed by atoms with Crippen molar-refractivity contribution in [3.8, 4) is 11.3 Å². The molecule has 4 rings (SSSR count). The average molecular weight is 307 g/mol. The van der Waals surface area contributed by atoms with E-state index in [1.807, 2.05) is 58.0 Å². The third kappa shape index (κ3) is 2.59. The quantitative estimate of drug-likeness (QED) is 0.731. The monoisotopic (exact) mass is 307 g/mol. The summed E-state index contributed by atoms with van der Waals surface area (Å²) in [5.74, 6) is 0.0629. The normalized spacial score (nSPS) is 15.0. The van der Waals surface area contributed by atoms with Crippen LogP contribution >= 0.6 is 0 Å². The van der Waals surface area contributed by atoms with Gasteiger partial charge in [-0.05, 0) is 29.8 Å².